The van der Waals surface area contributed by atoms with Crippen LogP contribution < -0.4 is 0 Å². The monoisotopic (exact) mass is 389 g/mol. The summed E-state index contributed by atoms with van der Waals surface area (Å²) < 4.78 is 0. The minimum absolute atomic E-state index is 1.08. The Morgan fingerprint density at radius 2 is 1.17 bits per heavy atom. The molecule has 0 spiro atoms. The molecule has 1 nitrogen and oxygen atoms in total. The van der Waals surface area contributed by atoms with Crippen molar-refractivity contribution in [3.05, 3.63) is 95.6 Å². The molecule has 0 bridgehead atoms. The van der Waals surface area contributed by atoms with Crippen LogP contribution in [0.5, 0.6) is 0 Å². The van der Waals surface area contributed by atoms with Crippen molar-refractivity contribution in [2.45, 2.75) is 33.6 Å². The second-order valence-corrected chi connectivity index (χ2v) is 8.43. The third-order valence-corrected chi connectivity index (χ3v) is 6.08. The largest absolute Gasteiger partial charge is 0.354 e. The second kappa shape index (κ2) is 7.50. The van der Waals surface area contributed by atoms with Gasteiger partial charge in [0.05, 0.1) is 0 Å². The van der Waals surface area contributed by atoms with E-state index < -0.39 is 0 Å². The fourth-order valence-corrected chi connectivity index (χ4v) is 4.38. The van der Waals surface area contributed by atoms with Crippen LogP contribution in [0.3, 0.4) is 0 Å². The lowest BCUT2D eigenvalue weighted by atomic mass is 9.96. The highest BCUT2D eigenvalue weighted by Gasteiger charge is 2.12. The van der Waals surface area contributed by atoms with Crippen molar-refractivity contribution < 1.29 is 0 Å². The molecule has 0 fully saturated rings. The molecule has 1 heteroatoms. The van der Waals surface area contributed by atoms with E-state index in [0.29, 0.717) is 0 Å². The first kappa shape index (κ1) is 18.7. The molecule has 5 rings (SSSR count). The molecule has 0 radical (unpaired) electrons. The molecule has 0 aliphatic rings. The van der Waals surface area contributed by atoms with Gasteiger partial charge in [0, 0.05) is 21.8 Å². The third-order valence-electron chi connectivity index (χ3n) is 6.08. The summed E-state index contributed by atoms with van der Waals surface area (Å²) in [5.74, 6) is 0. The number of hydrogen-bond acceptors (Lipinski definition) is 0. The van der Waals surface area contributed by atoms with Crippen LogP contribution in [-0.4, -0.2) is 4.98 Å². The Morgan fingerprint density at radius 1 is 0.600 bits per heavy atom. The molecular formula is C29H27N. The first-order chi connectivity index (χ1) is 14.6. The quantitative estimate of drug-likeness (QED) is 0.319. The third kappa shape index (κ3) is 3.31. The van der Waals surface area contributed by atoms with Gasteiger partial charge in [-0.15, -0.1) is 0 Å². The van der Waals surface area contributed by atoms with Crippen LogP contribution in [0.25, 0.3) is 44.1 Å². The molecule has 148 valence electrons. The van der Waals surface area contributed by atoms with E-state index in [9.17, 15) is 0 Å². The first-order valence-corrected chi connectivity index (χ1v) is 10.8. The summed E-state index contributed by atoms with van der Waals surface area (Å²) in [5, 5.41) is 2.62. The van der Waals surface area contributed by atoms with Crippen molar-refractivity contribution in [2.24, 2.45) is 0 Å². The van der Waals surface area contributed by atoms with E-state index in [1.54, 1.807) is 0 Å². The van der Waals surface area contributed by atoms with E-state index in [4.69, 9.17) is 0 Å². The molecule has 30 heavy (non-hydrogen) atoms. The highest BCUT2D eigenvalue weighted by molar-refractivity contribution is 6.10. The van der Waals surface area contributed by atoms with E-state index in [0.717, 1.165) is 12.8 Å². The number of aromatic nitrogens is 1. The molecule has 0 unspecified atom stereocenters. The van der Waals surface area contributed by atoms with Gasteiger partial charge in [-0.2, -0.15) is 0 Å². The average molecular weight is 390 g/mol. The van der Waals surface area contributed by atoms with Crippen LogP contribution in [0, 0.1) is 13.8 Å². The second-order valence-electron chi connectivity index (χ2n) is 8.43. The van der Waals surface area contributed by atoms with Crippen LogP contribution in [0.4, 0.5) is 0 Å². The van der Waals surface area contributed by atoms with E-state index in [2.05, 4.69) is 105 Å². The Labute approximate surface area is 178 Å². The van der Waals surface area contributed by atoms with E-state index in [1.807, 2.05) is 0 Å². The number of rotatable bonds is 4. The van der Waals surface area contributed by atoms with Crippen molar-refractivity contribution in [2.75, 3.05) is 0 Å². The number of fused-ring (bicyclic) bond motifs is 3. The van der Waals surface area contributed by atoms with Crippen LogP contribution in [0.1, 0.15) is 30.0 Å². The lowest BCUT2D eigenvalue weighted by Crippen LogP contribution is -1.88. The minimum atomic E-state index is 1.08. The van der Waals surface area contributed by atoms with Crippen LogP contribution in [0.15, 0.2) is 78.9 Å². The van der Waals surface area contributed by atoms with Gasteiger partial charge in [0.1, 0.15) is 0 Å². The van der Waals surface area contributed by atoms with Crippen molar-refractivity contribution in [1.82, 2.24) is 4.98 Å². The average Bonchev–Trinajstić information content (AvgIpc) is 3.13. The van der Waals surface area contributed by atoms with Gasteiger partial charge in [0.2, 0.25) is 0 Å². The van der Waals surface area contributed by atoms with Crippen molar-refractivity contribution in [1.29, 1.82) is 0 Å². The van der Waals surface area contributed by atoms with Gasteiger partial charge in [-0.05, 0) is 72.4 Å². The molecular weight excluding hydrogens is 362 g/mol. The number of nitrogens with one attached hydrogen (secondary N) is 1. The minimum Gasteiger partial charge on any atom is -0.354 e. The Kier molecular flexibility index (Phi) is 4.67. The molecule has 1 heterocycles. The van der Waals surface area contributed by atoms with Gasteiger partial charge >= 0.3 is 0 Å². The maximum absolute atomic E-state index is 3.71. The summed E-state index contributed by atoms with van der Waals surface area (Å²) in [6, 6.07) is 29.2. The Bertz CT molecular complexity index is 1340. The molecule has 0 atom stereocenters. The summed E-state index contributed by atoms with van der Waals surface area (Å²) in [7, 11) is 0. The predicted molar refractivity (Wildman–Crippen MR) is 130 cm³/mol. The lowest BCUT2D eigenvalue weighted by molar-refractivity contribution is 0.928. The molecule has 0 aliphatic carbocycles. The van der Waals surface area contributed by atoms with Crippen LogP contribution in [0.2, 0.25) is 0 Å². The molecule has 0 amide bonds. The van der Waals surface area contributed by atoms with Crippen molar-refractivity contribution in [3.8, 4) is 22.3 Å². The zero-order chi connectivity index (χ0) is 20.7. The number of aromatic amines is 1. The van der Waals surface area contributed by atoms with Gasteiger partial charge < -0.3 is 4.98 Å². The Balaban J connectivity index is 1.74. The molecule has 4 aromatic carbocycles. The zero-order valence-electron chi connectivity index (χ0n) is 17.9. The van der Waals surface area contributed by atoms with Crippen LogP contribution in [-0.2, 0) is 6.42 Å². The van der Waals surface area contributed by atoms with Gasteiger partial charge in [-0.3, -0.25) is 0 Å². The van der Waals surface area contributed by atoms with Crippen molar-refractivity contribution >= 4 is 21.8 Å². The summed E-state index contributed by atoms with van der Waals surface area (Å²) >= 11 is 0. The molecule has 0 saturated heterocycles. The van der Waals surface area contributed by atoms with Crippen molar-refractivity contribution in [3.63, 3.8) is 0 Å². The Hall–Kier alpha value is -3.32. The van der Waals surface area contributed by atoms with Crippen LogP contribution >= 0.6 is 0 Å². The fraction of sp³-hybridized carbons (Fsp3) is 0.172. The summed E-state index contributed by atoms with van der Waals surface area (Å²) in [6.45, 7) is 6.53. The lowest BCUT2D eigenvalue weighted by Gasteiger charge is -2.08. The first-order valence-electron chi connectivity index (χ1n) is 10.8. The van der Waals surface area contributed by atoms with E-state index >= 15 is 0 Å². The number of aryl methyl sites for hydroxylation is 3. The number of benzene rings is 4. The molecule has 0 aliphatic heterocycles. The maximum Gasteiger partial charge on any atom is 0.0497 e. The standard InChI is InChI=1S/C29H27N/c1-4-5-24-16-25(22-12-8-20(3)9-13-22)18-27-26-17-23(14-15-28(26)30-29(24)27)21-10-6-19(2)7-11-21/h6-18,30H,4-5H2,1-3H3. The number of hydrogen-bond donors (Lipinski definition) is 1. The number of H-pyrrole nitrogens is 1. The highest BCUT2D eigenvalue weighted by Crippen LogP contribution is 2.35. The fourth-order valence-electron chi connectivity index (χ4n) is 4.38. The molecule has 0 saturated carbocycles. The summed E-state index contributed by atoms with van der Waals surface area (Å²) in [4.78, 5) is 3.71. The van der Waals surface area contributed by atoms with E-state index in [1.165, 1.54) is 60.8 Å². The normalized spacial score (nSPS) is 11.4. The summed E-state index contributed by atoms with van der Waals surface area (Å²) in [5.41, 5.74) is 11.6. The van der Waals surface area contributed by atoms with Gasteiger partial charge in [0.25, 0.3) is 0 Å². The molecule has 1 aromatic heterocycles. The highest BCUT2D eigenvalue weighted by atomic mass is 14.7. The molecule has 1 N–H and O–H groups in total. The Morgan fingerprint density at radius 3 is 1.80 bits per heavy atom. The smallest absolute Gasteiger partial charge is 0.0497 e. The SMILES string of the molecule is CCCc1cc(-c2ccc(C)cc2)cc2c1[nH]c1ccc(-c3ccc(C)cc3)cc12. The van der Waals surface area contributed by atoms with E-state index in [-0.39, 0.29) is 0 Å². The molecule has 5 aromatic rings. The van der Waals surface area contributed by atoms with Gasteiger partial charge in [-0.25, -0.2) is 0 Å². The summed E-state index contributed by atoms with van der Waals surface area (Å²) in [6.07, 6.45) is 2.21. The van der Waals surface area contributed by atoms with Gasteiger partial charge in [0.15, 0.2) is 0 Å². The predicted octanol–water partition coefficient (Wildman–Crippen LogP) is 8.22. The van der Waals surface area contributed by atoms with Gasteiger partial charge in [-0.1, -0.05) is 79.1 Å². The topological polar surface area (TPSA) is 15.8 Å². The maximum atomic E-state index is 3.71. The zero-order valence-corrected chi connectivity index (χ0v) is 17.9.